The Labute approximate surface area is 109 Å². The summed E-state index contributed by atoms with van der Waals surface area (Å²) in [5, 5.41) is 8.54. The van der Waals surface area contributed by atoms with Crippen molar-refractivity contribution in [3.63, 3.8) is 0 Å². The lowest BCUT2D eigenvalue weighted by atomic mass is 10.1. The van der Waals surface area contributed by atoms with E-state index in [1.54, 1.807) is 0 Å². The van der Waals surface area contributed by atoms with Gasteiger partial charge in [-0.05, 0) is 24.9 Å². The van der Waals surface area contributed by atoms with E-state index >= 15 is 0 Å². The molecule has 0 saturated carbocycles. The van der Waals surface area contributed by atoms with Gasteiger partial charge in [-0.25, -0.2) is 0 Å². The van der Waals surface area contributed by atoms with Gasteiger partial charge >= 0.3 is 0 Å². The monoisotopic (exact) mass is 255 g/mol. The van der Waals surface area contributed by atoms with Crippen molar-refractivity contribution in [3.8, 4) is 0 Å². The second-order valence-electron chi connectivity index (χ2n) is 4.53. The lowest BCUT2D eigenvalue weighted by molar-refractivity contribution is 0.571. The van der Waals surface area contributed by atoms with E-state index in [1.165, 1.54) is 17.7 Å². The molecule has 0 aliphatic heterocycles. The van der Waals surface area contributed by atoms with Crippen LogP contribution < -0.4 is 5.32 Å². The fourth-order valence-corrected chi connectivity index (χ4v) is 2.77. The molecule has 0 amide bonds. The van der Waals surface area contributed by atoms with Crippen molar-refractivity contribution in [1.82, 2.24) is 15.1 Å². The Kier molecular flexibility index (Phi) is 6.66. The summed E-state index contributed by atoms with van der Waals surface area (Å²) in [5.41, 5.74) is 1.32. The van der Waals surface area contributed by atoms with E-state index in [2.05, 4.69) is 49.1 Å². The van der Waals surface area contributed by atoms with Crippen LogP contribution in [0.2, 0.25) is 0 Å². The first kappa shape index (κ1) is 14.6. The fourth-order valence-electron chi connectivity index (χ4n) is 1.74. The Hall–Kier alpha value is -0.480. The molecule has 0 saturated heterocycles. The molecule has 17 heavy (non-hydrogen) atoms. The van der Waals surface area contributed by atoms with Gasteiger partial charge in [0, 0.05) is 30.3 Å². The number of hydrogen-bond donors (Lipinski definition) is 1. The van der Waals surface area contributed by atoms with Crippen LogP contribution in [-0.2, 0) is 13.5 Å². The molecule has 2 atom stereocenters. The van der Waals surface area contributed by atoms with Crippen molar-refractivity contribution < 1.29 is 0 Å². The Bertz CT molecular complexity index is 311. The lowest BCUT2D eigenvalue weighted by Gasteiger charge is -2.18. The first-order valence-corrected chi connectivity index (χ1v) is 7.53. The van der Waals surface area contributed by atoms with Gasteiger partial charge in [-0.1, -0.05) is 20.8 Å². The summed E-state index contributed by atoms with van der Waals surface area (Å²) in [5.74, 6) is 1.18. The van der Waals surface area contributed by atoms with Gasteiger partial charge in [-0.3, -0.25) is 4.68 Å². The van der Waals surface area contributed by atoms with Crippen LogP contribution in [0.5, 0.6) is 0 Å². The van der Waals surface area contributed by atoms with Gasteiger partial charge in [0.1, 0.15) is 0 Å². The standard InChI is InChI=1S/C13H25N3S/c1-5-11(3)17-10-13(14-6-2)7-12-8-15-16(4)9-12/h8-9,11,13-14H,5-7,10H2,1-4H3. The number of hydrogen-bond acceptors (Lipinski definition) is 3. The first-order chi connectivity index (χ1) is 8.15. The molecule has 0 bridgehead atoms. The molecule has 4 heteroatoms. The van der Waals surface area contributed by atoms with Crippen molar-refractivity contribution in [2.24, 2.45) is 7.05 Å². The number of likely N-dealkylation sites (N-methyl/N-ethyl adjacent to an activating group) is 1. The third kappa shape index (κ3) is 5.59. The smallest absolute Gasteiger partial charge is 0.0522 e. The molecule has 1 aromatic rings. The molecule has 1 N–H and O–H groups in total. The fraction of sp³-hybridized carbons (Fsp3) is 0.769. The average Bonchev–Trinajstić information content (AvgIpc) is 2.71. The third-order valence-corrected chi connectivity index (χ3v) is 4.39. The number of nitrogens with one attached hydrogen (secondary N) is 1. The van der Waals surface area contributed by atoms with E-state index in [1.807, 2.05) is 17.9 Å². The molecule has 1 aromatic heterocycles. The summed E-state index contributed by atoms with van der Waals surface area (Å²) in [4.78, 5) is 0. The zero-order valence-corrected chi connectivity index (χ0v) is 12.3. The molecule has 0 radical (unpaired) electrons. The van der Waals surface area contributed by atoms with E-state index in [-0.39, 0.29) is 0 Å². The van der Waals surface area contributed by atoms with E-state index in [0.717, 1.165) is 18.2 Å². The summed E-state index contributed by atoms with van der Waals surface area (Å²) < 4.78 is 1.88. The first-order valence-electron chi connectivity index (χ1n) is 6.48. The minimum atomic E-state index is 0.559. The largest absolute Gasteiger partial charge is 0.313 e. The number of nitrogens with zero attached hydrogens (tertiary/aromatic N) is 2. The van der Waals surface area contributed by atoms with Crippen LogP contribution in [0.4, 0.5) is 0 Å². The SMILES string of the molecule is CCNC(CSC(C)CC)Cc1cnn(C)c1. The molecule has 0 spiro atoms. The minimum absolute atomic E-state index is 0.559. The molecule has 98 valence electrons. The quantitative estimate of drug-likeness (QED) is 0.774. The van der Waals surface area contributed by atoms with E-state index in [0.29, 0.717) is 6.04 Å². The maximum atomic E-state index is 4.22. The van der Waals surface area contributed by atoms with E-state index in [4.69, 9.17) is 0 Å². The van der Waals surface area contributed by atoms with Crippen molar-refractivity contribution >= 4 is 11.8 Å². The number of thioether (sulfide) groups is 1. The van der Waals surface area contributed by atoms with Gasteiger partial charge in [-0.15, -0.1) is 0 Å². The summed E-state index contributed by atoms with van der Waals surface area (Å²) in [6.45, 7) is 7.76. The molecule has 1 rings (SSSR count). The molecule has 0 aromatic carbocycles. The van der Waals surface area contributed by atoms with Gasteiger partial charge in [0.15, 0.2) is 0 Å². The van der Waals surface area contributed by atoms with Crippen molar-refractivity contribution in [3.05, 3.63) is 18.0 Å². The Morgan fingerprint density at radius 1 is 1.47 bits per heavy atom. The van der Waals surface area contributed by atoms with Crippen LogP contribution in [0.3, 0.4) is 0 Å². The van der Waals surface area contributed by atoms with Crippen LogP contribution >= 0.6 is 11.8 Å². The van der Waals surface area contributed by atoms with Gasteiger partial charge in [0.2, 0.25) is 0 Å². The molecule has 3 nitrogen and oxygen atoms in total. The molecular weight excluding hydrogens is 230 g/mol. The van der Waals surface area contributed by atoms with Gasteiger partial charge in [-0.2, -0.15) is 16.9 Å². The third-order valence-electron chi connectivity index (χ3n) is 2.89. The van der Waals surface area contributed by atoms with Crippen LogP contribution in [0.25, 0.3) is 0 Å². The minimum Gasteiger partial charge on any atom is -0.313 e. The highest BCUT2D eigenvalue weighted by Gasteiger charge is 2.11. The van der Waals surface area contributed by atoms with E-state index < -0.39 is 0 Å². The second-order valence-corrected chi connectivity index (χ2v) is 6.00. The Balaban J connectivity index is 2.42. The van der Waals surface area contributed by atoms with Crippen LogP contribution in [0, 0.1) is 0 Å². The normalized spacial score (nSPS) is 14.8. The van der Waals surface area contributed by atoms with Gasteiger partial charge < -0.3 is 5.32 Å². The molecule has 0 fully saturated rings. The molecule has 1 heterocycles. The van der Waals surface area contributed by atoms with Crippen LogP contribution in [-0.4, -0.2) is 33.4 Å². The average molecular weight is 255 g/mol. The second kappa shape index (κ2) is 7.77. The van der Waals surface area contributed by atoms with Gasteiger partial charge in [0.05, 0.1) is 6.20 Å². The summed E-state index contributed by atoms with van der Waals surface area (Å²) >= 11 is 2.06. The highest BCUT2D eigenvalue weighted by Crippen LogP contribution is 2.16. The maximum Gasteiger partial charge on any atom is 0.0522 e. The Morgan fingerprint density at radius 2 is 2.24 bits per heavy atom. The van der Waals surface area contributed by atoms with Crippen molar-refractivity contribution in [2.75, 3.05) is 12.3 Å². The summed E-state index contributed by atoms with van der Waals surface area (Å²) in [7, 11) is 1.97. The lowest BCUT2D eigenvalue weighted by Crippen LogP contribution is -2.33. The van der Waals surface area contributed by atoms with E-state index in [9.17, 15) is 0 Å². The van der Waals surface area contributed by atoms with Crippen LogP contribution in [0.15, 0.2) is 12.4 Å². The number of aromatic nitrogens is 2. The zero-order valence-electron chi connectivity index (χ0n) is 11.4. The predicted octanol–water partition coefficient (Wildman–Crippen LogP) is 2.47. The molecule has 0 aliphatic carbocycles. The predicted molar refractivity (Wildman–Crippen MR) is 76.6 cm³/mol. The molecule has 0 aliphatic rings. The van der Waals surface area contributed by atoms with Gasteiger partial charge in [0.25, 0.3) is 0 Å². The van der Waals surface area contributed by atoms with Crippen molar-refractivity contribution in [1.29, 1.82) is 0 Å². The highest BCUT2D eigenvalue weighted by molar-refractivity contribution is 7.99. The summed E-state index contributed by atoms with van der Waals surface area (Å²) in [6.07, 6.45) is 6.40. The number of aryl methyl sites for hydroxylation is 1. The van der Waals surface area contributed by atoms with Crippen molar-refractivity contribution in [2.45, 2.75) is 44.9 Å². The topological polar surface area (TPSA) is 29.9 Å². The summed E-state index contributed by atoms with van der Waals surface area (Å²) in [6, 6.07) is 0.559. The molecular formula is C13H25N3S. The van der Waals surface area contributed by atoms with Crippen LogP contribution in [0.1, 0.15) is 32.8 Å². The molecule has 2 unspecified atom stereocenters. The maximum absolute atomic E-state index is 4.22. The number of rotatable bonds is 8. The zero-order chi connectivity index (χ0) is 12.7. The Morgan fingerprint density at radius 3 is 2.76 bits per heavy atom. The highest BCUT2D eigenvalue weighted by atomic mass is 32.2.